The monoisotopic (exact) mass is 498 g/mol. The van der Waals surface area contributed by atoms with E-state index in [0.29, 0.717) is 0 Å². The Labute approximate surface area is 184 Å². The van der Waals surface area contributed by atoms with Crippen molar-refractivity contribution in [3.05, 3.63) is 42.5 Å². The summed E-state index contributed by atoms with van der Waals surface area (Å²) in [5, 5.41) is 14.6. The Morgan fingerprint density at radius 2 is 2.00 bits per heavy atom. The number of unbranched alkanes of at least 4 members (excludes halogenated alkanes) is 1. The maximum absolute atomic E-state index is 6.13. The van der Waals surface area contributed by atoms with Gasteiger partial charge in [0.2, 0.25) is 0 Å². The van der Waals surface area contributed by atoms with Crippen molar-refractivity contribution in [3.63, 3.8) is 0 Å². The summed E-state index contributed by atoms with van der Waals surface area (Å²) in [5.74, 6) is 1.82. The first-order valence-corrected chi connectivity index (χ1v) is 9.72. The number of benzene rings is 1. The number of ether oxygens (including phenoxy) is 1. The standard InChI is InChI=1S/C20H30N6O.HI/c1-4-21-19(22-11-7-8-12-26-14-23-24-15-26)25-17-13-20(2,3)27-18-10-6-5-9-16(17)18;/h5-6,9-10,14-15,17H,4,7-8,11-13H2,1-3H3,(H2,21,22,25);1H. The van der Waals surface area contributed by atoms with Gasteiger partial charge >= 0.3 is 0 Å². The van der Waals surface area contributed by atoms with Crippen LogP contribution in [0.1, 0.15) is 51.6 Å². The summed E-state index contributed by atoms with van der Waals surface area (Å²) < 4.78 is 8.12. The van der Waals surface area contributed by atoms with E-state index in [1.165, 1.54) is 5.56 Å². The van der Waals surface area contributed by atoms with Crippen LogP contribution in [0.2, 0.25) is 0 Å². The second-order valence-electron chi connectivity index (χ2n) is 7.47. The number of nitrogens with one attached hydrogen (secondary N) is 2. The summed E-state index contributed by atoms with van der Waals surface area (Å²) in [6.45, 7) is 8.89. The molecule has 2 aromatic rings. The highest BCUT2D eigenvalue weighted by Crippen LogP contribution is 2.39. The van der Waals surface area contributed by atoms with E-state index in [9.17, 15) is 0 Å². The van der Waals surface area contributed by atoms with E-state index in [1.807, 2.05) is 16.7 Å². The van der Waals surface area contributed by atoms with Crippen LogP contribution in [0.25, 0.3) is 0 Å². The Kier molecular flexibility index (Phi) is 8.53. The molecule has 3 rings (SSSR count). The van der Waals surface area contributed by atoms with Crippen LogP contribution in [-0.2, 0) is 6.54 Å². The Balaban J connectivity index is 0.00000280. The van der Waals surface area contributed by atoms with Crippen LogP contribution in [0.3, 0.4) is 0 Å². The van der Waals surface area contributed by atoms with Gasteiger partial charge in [-0.05, 0) is 39.7 Å². The first-order valence-electron chi connectivity index (χ1n) is 9.72. The maximum atomic E-state index is 6.13. The molecule has 2 heterocycles. The Morgan fingerprint density at radius 1 is 1.25 bits per heavy atom. The Hall–Kier alpha value is -1.84. The van der Waals surface area contributed by atoms with E-state index < -0.39 is 0 Å². The molecular weight excluding hydrogens is 467 g/mol. The molecule has 7 nitrogen and oxygen atoms in total. The summed E-state index contributed by atoms with van der Waals surface area (Å²) in [7, 11) is 0. The molecule has 2 N–H and O–H groups in total. The number of fused-ring (bicyclic) bond motifs is 1. The molecule has 0 bridgehead atoms. The van der Waals surface area contributed by atoms with Crippen molar-refractivity contribution in [2.45, 2.75) is 58.2 Å². The number of hydrogen-bond donors (Lipinski definition) is 2. The van der Waals surface area contributed by atoms with E-state index >= 15 is 0 Å². The highest BCUT2D eigenvalue weighted by atomic mass is 127. The molecule has 0 amide bonds. The molecule has 154 valence electrons. The molecule has 1 aromatic heterocycles. The smallest absolute Gasteiger partial charge is 0.191 e. The largest absolute Gasteiger partial charge is 0.487 e. The summed E-state index contributed by atoms with van der Waals surface area (Å²) in [6, 6.07) is 8.43. The van der Waals surface area contributed by atoms with Gasteiger partial charge in [-0.1, -0.05) is 18.2 Å². The van der Waals surface area contributed by atoms with Crippen molar-refractivity contribution in [1.29, 1.82) is 0 Å². The van der Waals surface area contributed by atoms with Crippen LogP contribution < -0.4 is 15.4 Å². The van der Waals surface area contributed by atoms with Crippen molar-refractivity contribution in [3.8, 4) is 5.75 Å². The number of nitrogens with zero attached hydrogens (tertiary/aromatic N) is 4. The topological polar surface area (TPSA) is 76.4 Å². The molecule has 1 atom stereocenters. The van der Waals surface area contributed by atoms with Gasteiger partial charge in [0, 0.05) is 31.6 Å². The molecule has 1 aromatic carbocycles. The fourth-order valence-electron chi connectivity index (χ4n) is 3.35. The highest BCUT2D eigenvalue weighted by molar-refractivity contribution is 14.0. The molecule has 8 heteroatoms. The molecule has 0 radical (unpaired) electrons. The molecule has 1 aliphatic rings. The number of aromatic nitrogens is 3. The second kappa shape index (κ2) is 10.6. The van der Waals surface area contributed by atoms with Crippen LogP contribution in [0.4, 0.5) is 0 Å². The van der Waals surface area contributed by atoms with Gasteiger partial charge in [0.25, 0.3) is 0 Å². The van der Waals surface area contributed by atoms with Crippen molar-refractivity contribution < 1.29 is 4.74 Å². The molecule has 1 unspecified atom stereocenters. The average Bonchev–Trinajstić information content (AvgIpc) is 3.14. The van der Waals surface area contributed by atoms with Gasteiger partial charge in [0.05, 0.1) is 6.04 Å². The lowest BCUT2D eigenvalue weighted by Gasteiger charge is -2.38. The van der Waals surface area contributed by atoms with E-state index in [-0.39, 0.29) is 35.6 Å². The fraction of sp³-hybridized carbons (Fsp3) is 0.550. The predicted octanol–water partition coefficient (Wildman–Crippen LogP) is 3.53. The zero-order valence-electron chi connectivity index (χ0n) is 16.9. The molecule has 0 saturated carbocycles. The lowest BCUT2D eigenvalue weighted by atomic mass is 9.90. The zero-order valence-corrected chi connectivity index (χ0v) is 19.2. The SMILES string of the molecule is CCNC(=NCCCCn1cnnc1)NC1CC(C)(C)Oc2ccccc21.I. The van der Waals surface area contributed by atoms with Gasteiger partial charge in [-0.25, -0.2) is 0 Å². The number of para-hydroxylation sites is 1. The number of aryl methyl sites for hydroxylation is 1. The van der Waals surface area contributed by atoms with Gasteiger partial charge in [0.1, 0.15) is 24.0 Å². The van der Waals surface area contributed by atoms with Crippen LogP contribution in [-0.4, -0.2) is 39.4 Å². The van der Waals surface area contributed by atoms with Crippen molar-refractivity contribution in [1.82, 2.24) is 25.4 Å². The summed E-state index contributed by atoms with van der Waals surface area (Å²) in [5.41, 5.74) is 0.984. The van der Waals surface area contributed by atoms with Crippen LogP contribution in [0.15, 0.2) is 41.9 Å². The second-order valence-corrected chi connectivity index (χ2v) is 7.47. The highest BCUT2D eigenvalue weighted by Gasteiger charge is 2.33. The number of hydrogen-bond acceptors (Lipinski definition) is 4. The first kappa shape index (κ1) is 22.4. The third-order valence-corrected chi connectivity index (χ3v) is 4.59. The average molecular weight is 498 g/mol. The Morgan fingerprint density at radius 3 is 2.75 bits per heavy atom. The maximum Gasteiger partial charge on any atom is 0.191 e. The minimum atomic E-state index is -0.206. The molecule has 0 saturated heterocycles. The predicted molar refractivity (Wildman–Crippen MR) is 122 cm³/mol. The van der Waals surface area contributed by atoms with Crippen LogP contribution >= 0.6 is 24.0 Å². The zero-order chi connectivity index (χ0) is 19.1. The first-order chi connectivity index (χ1) is 13.1. The van der Waals surface area contributed by atoms with Crippen molar-refractivity contribution in [2.75, 3.05) is 13.1 Å². The summed E-state index contributed by atoms with van der Waals surface area (Å²) in [4.78, 5) is 4.76. The van der Waals surface area contributed by atoms with Crippen LogP contribution in [0, 0.1) is 0 Å². The van der Waals surface area contributed by atoms with E-state index in [2.05, 4.69) is 53.7 Å². The quantitative estimate of drug-likeness (QED) is 0.265. The molecule has 0 fully saturated rings. The number of aliphatic imine (C=N–C) groups is 1. The van der Waals surface area contributed by atoms with Gasteiger partial charge in [0.15, 0.2) is 5.96 Å². The molecule has 28 heavy (non-hydrogen) atoms. The molecule has 1 aliphatic heterocycles. The number of halogens is 1. The third kappa shape index (κ3) is 6.35. The minimum Gasteiger partial charge on any atom is -0.487 e. The fourth-order valence-corrected chi connectivity index (χ4v) is 3.35. The number of rotatable bonds is 7. The Bertz CT molecular complexity index is 747. The van der Waals surface area contributed by atoms with E-state index in [0.717, 1.165) is 50.6 Å². The third-order valence-electron chi connectivity index (χ3n) is 4.59. The van der Waals surface area contributed by atoms with Gasteiger partial charge in [-0.2, -0.15) is 0 Å². The molecule has 0 aliphatic carbocycles. The van der Waals surface area contributed by atoms with Gasteiger partial charge in [-0.15, -0.1) is 34.2 Å². The van der Waals surface area contributed by atoms with Crippen molar-refractivity contribution in [2.24, 2.45) is 4.99 Å². The van der Waals surface area contributed by atoms with Crippen LogP contribution in [0.5, 0.6) is 5.75 Å². The normalized spacial score (nSPS) is 17.8. The lowest BCUT2D eigenvalue weighted by Crippen LogP contribution is -2.45. The number of guanidine groups is 1. The molecular formula is C20H31IN6O. The summed E-state index contributed by atoms with van der Waals surface area (Å²) >= 11 is 0. The van der Waals surface area contributed by atoms with E-state index in [4.69, 9.17) is 9.73 Å². The lowest BCUT2D eigenvalue weighted by molar-refractivity contribution is 0.0694. The van der Waals surface area contributed by atoms with Gasteiger partial charge < -0.3 is 19.9 Å². The minimum absolute atomic E-state index is 0. The summed E-state index contributed by atoms with van der Waals surface area (Å²) in [6.07, 6.45) is 6.46. The van der Waals surface area contributed by atoms with Crippen molar-refractivity contribution >= 4 is 29.9 Å². The van der Waals surface area contributed by atoms with E-state index in [1.54, 1.807) is 12.7 Å². The van der Waals surface area contributed by atoms with Gasteiger partial charge in [-0.3, -0.25) is 4.99 Å². The molecule has 0 spiro atoms.